The van der Waals surface area contributed by atoms with Crippen LogP contribution < -0.4 is 0 Å². The molecule has 0 heterocycles. The second-order valence-corrected chi connectivity index (χ2v) is 4.88. The molecule has 0 aliphatic carbocycles. The van der Waals surface area contributed by atoms with E-state index in [1.807, 2.05) is 49.4 Å². The van der Waals surface area contributed by atoms with Crippen molar-refractivity contribution in [1.29, 1.82) is 0 Å². The molecule has 0 saturated carbocycles. The van der Waals surface area contributed by atoms with Crippen LogP contribution >= 0.6 is 0 Å². The fourth-order valence-corrected chi connectivity index (χ4v) is 2.35. The molecule has 0 aliphatic rings. The van der Waals surface area contributed by atoms with E-state index in [2.05, 4.69) is 0 Å². The molecule has 2 nitrogen and oxygen atoms in total. The number of phenolic OH excluding ortho intramolecular Hbond substituents is 1. The van der Waals surface area contributed by atoms with Crippen LogP contribution in [0.4, 0.5) is 0 Å². The fourth-order valence-electron chi connectivity index (χ4n) is 2.35. The fraction of sp³-hybridized carbons (Fsp3) is 0.0556. The Bertz CT molecular complexity index is 786. The van der Waals surface area contributed by atoms with Crippen LogP contribution in [-0.2, 0) is 0 Å². The molecule has 0 unspecified atom stereocenters. The number of phenols is 1. The minimum atomic E-state index is -0.153. The van der Waals surface area contributed by atoms with Gasteiger partial charge in [-0.25, -0.2) is 0 Å². The highest BCUT2D eigenvalue weighted by Crippen LogP contribution is 2.29. The summed E-state index contributed by atoms with van der Waals surface area (Å²) in [5.41, 5.74) is 2.05. The molecule has 0 spiro atoms. The lowest BCUT2D eigenvalue weighted by Crippen LogP contribution is -2.02. The number of rotatable bonds is 2. The van der Waals surface area contributed by atoms with Gasteiger partial charge in [-0.1, -0.05) is 60.2 Å². The first-order valence-corrected chi connectivity index (χ1v) is 6.49. The van der Waals surface area contributed by atoms with E-state index in [4.69, 9.17) is 0 Å². The predicted molar refractivity (Wildman–Crippen MR) is 80.2 cm³/mol. The molecular weight excluding hydrogens is 248 g/mol. The Labute approximate surface area is 117 Å². The van der Waals surface area contributed by atoms with E-state index in [1.165, 1.54) is 0 Å². The summed E-state index contributed by atoms with van der Waals surface area (Å²) >= 11 is 0. The van der Waals surface area contributed by atoms with Crippen LogP contribution in [0.3, 0.4) is 0 Å². The van der Waals surface area contributed by atoms with E-state index in [9.17, 15) is 9.90 Å². The lowest BCUT2D eigenvalue weighted by Gasteiger charge is -2.08. The van der Waals surface area contributed by atoms with Gasteiger partial charge in [0.05, 0.1) is 5.56 Å². The van der Waals surface area contributed by atoms with Crippen molar-refractivity contribution in [2.24, 2.45) is 0 Å². The van der Waals surface area contributed by atoms with E-state index < -0.39 is 0 Å². The molecule has 0 amide bonds. The number of ketones is 1. The molecule has 3 aromatic rings. The molecule has 0 fully saturated rings. The van der Waals surface area contributed by atoms with Gasteiger partial charge in [0, 0.05) is 5.56 Å². The van der Waals surface area contributed by atoms with Crippen molar-refractivity contribution in [2.75, 3.05) is 0 Å². The SMILES string of the molecule is Cc1ccc(C(=O)c2c(O)ccc3ccccc23)cc1. The molecule has 0 atom stereocenters. The van der Waals surface area contributed by atoms with Crippen molar-refractivity contribution in [3.63, 3.8) is 0 Å². The van der Waals surface area contributed by atoms with Crippen molar-refractivity contribution in [1.82, 2.24) is 0 Å². The largest absolute Gasteiger partial charge is 0.507 e. The van der Waals surface area contributed by atoms with Crippen LogP contribution in [0.15, 0.2) is 60.7 Å². The van der Waals surface area contributed by atoms with Crippen LogP contribution in [0.2, 0.25) is 0 Å². The first kappa shape index (κ1) is 12.4. The van der Waals surface area contributed by atoms with Crippen LogP contribution in [-0.4, -0.2) is 10.9 Å². The highest BCUT2D eigenvalue weighted by molar-refractivity contribution is 6.18. The minimum Gasteiger partial charge on any atom is -0.507 e. The number of hydrogen-bond donors (Lipinski definition) is 1. The number of aryl methyl sites for hydroxylation is 1. The van der Waals surface area contributed by atoms with Crippen molar-refractivity contribution < 1.29 is 9.90 Å². The Kier molecular flexibility index (Phi) is 2.99. The molecule has 0 radical (unpaired) electrons. The summed E-state index contributed by atoms with van der Waals surface area (Å²) in [6.45, 7) is 1.98. The zero-order valence-corrected chi connectivity index (χ0v) is 11.1. The van der Waals surface area contributed by atoms with Crippen molar-refractivity contribution in [3.05, 3.63) is 77.4 Å². The maximum Gasteiger partial charge on any atom is 0.197 e. The van der Waals surface area contributed by atoms with Crippen molar-refractivity contribution in [3.8, 4) is 5.75 Å². The van der Waals surface area contributed by atoms with Gasteiger partial charge >= 0.3 is 0 Å². The number of carbonyl (C=O) groups is 1. The minimum absolute atomic E-state index is 0.0225. The second-order valence-electron chi connectivity index (χ2n) is 4.88. The third kappa shape index (κ3) is 2.05. The van der Waals surface area contributed by atoms with Gasteiger partial charge < -0.3 is 5.11 Å². The Hall–Kier alpha value is -2.61. The van der Waals surface area contributed by atoms with Crippen LogP contribution in [0.25, 0.3) is 10.8 Å². The zero-order chi connectivity index (χ0) is 14.1. The molecule has 0 aromatic heterocycles. The third-order valence-electron chi connectivity index (χ3n) is 3.45. The molecule has 1 N–H and O–H groups in total. The van der Waals surface area contributed by atoms with E-state index in [0.717, 1.165) is 16.3 Å². The molecule has 0 aliphatic heterocycles. The van der Waals surface area contributed by atoms with Crippen LogP contribution in [0, 0.1) is 6.92 Å². The Morgan fingerprint density at radius 3 is 2.35 bits per heavy atom. The van der Waals surface area contributed by atoms with Gasteiger partial charge in [-0.3, -0.25) is 4.79 Å². The van der Waals surface area contributed by atoms with Gasteiger partial charge in [0.25, 0.3) is 0 Å². The molecule has 3 aromatic carbocycles. The molecule has 2 heteroatoms. The van der Waals surface area contributed by atoms with E-state index in [0.29, 0.717) is 11.1 Å². The first-order chi connectivity index (χ1) is 9.66. The van der Waals surface area contributed by atoms with E-state index >= 15 is 0 Å². The van der Waals surface area contributed by atoms with Crippen LogP contribution in [0.1, 0.15) is 21.5 Å². The number of hydrogen-bond acceptors (Lipinski definition) is 2. The summed E-state index contributed by atoms with van der Waals surface area (Å²) in [6.07, 6.45) is 0. The summed E-state index contributed by atoms with van der Waals surface area (Å²) in [4.78, 5) is 12.6. The molecule has 98 valence electrons. The highest BCUT2D eigenvalue weighted by Gasteiger charge is 2.16. The maximum absolute atomic E-state index is 12.6. The van der Waals surface area contributed by atoms with Crippen molar-refractivity contribution in [2.45, 2.75) is 6.92 Å². The lowest BCUT2D eigenvalue weighted by atomic mass is 9.96. The first-order valence-electron chi connectivity index (χ1n) is 6.49. The van der Waals surface area contributed by atoms with Crippen LogP contribution in [0.5, 0.6) is 5.75 Å². The van der Waals surface area contributed by atoms with E-state index in [-0.39, 0.29) is 11.5 Å². The third-order valence-corrected chi connectivity index (χ3v) is 3.45. The smallest absolute Gasteiger partial charge is 0.197 e. The summed E-state index contributed by atoms with van der Waals surface area (Å²) in [5, 5.41) is 11.8. The topological polar surface area (TPSA) is 37.3 Å². The Morgan fingerprint density at radius 1 is 0.900 bits per heavy atom. The number of carbonyl (C=O) groups excluding carboxylic acids is 1. The Morgan fingerprint density at radius 2 is 1.60 bits per heavy atom. The summed E-state index contributed by atoms with van der Waals surface area (Å²) in [6, 6.07) is 18.3. The van der Waals surface area contributed by atoms with Gasteiger partial charge in [-0.15, -0.1) is 0 Å². The normalized spacial score (nSPS) is 10.7. The monoisotopic (exact) mass is 262 g/mol. The highest BCUT2D eigenvalue weighted by atomic mass is 16.3. The molecule has 20 heavy (non-hydrogen) atoms. The molecule has 0 saturated heterocycles. The summed E-state index contributed by atoms with van der Waals surface area (Å²) in [7, 11) is 0. The predicted octanol–water partition coefficient (Wildman–Crippen LogP) is 4.08. The zero-order valence-electron chi connectivity index (χ0n) is 11.1. The van der Waals surface area contributed by atoms with E-state index in [1.54, 1.807) is 18.2 Å². The second kappa shape index (κ2) is 4.82. The molecule has 3 rings (SSSR count). The quantitative estimate of drug-likeness (QED) is 0.706. The average molecular weight is 262 g/mol. The summed E-state index contributed by atoms with van der Waals surface area (Å²) < 4.78 is 0. The van der Waals surface area contributed by atoms with Gasteiger partial charge in [-0.05, 0) is 23.8 Å². The van der Waals surface area contributed by atoms with Gasteiger partial charge in [0.2, 0.25) is 0 Å². The number of benzene rings is 3. The molecule has 0 bridgehead atoms. The lowest BCUT2D eigenvalue weighted by molar-refractivity contribution is 0.103. The number of aromatic hydroxyl groups is 1. The van der Waals surface area contributed by atoms with Gasteiger partial charge in [-0.2, -0.15) is 0 Å². The van der Waals surface area contributed by atoms with Gasteiger partial charge in [0.1, 0.15) is 5.75 Å². The van der Waals surface area contributed by atoms with Gasteiger partial charge in [0.15, 0.2) is 5.78 Å². The summed E-state index contributed by atoms with van der Waals surface area (Å²) in [5.74, 6) is -0.131. The van der Waals surface area contributed by atoms with Crippen molar-refractivity contribution >= 4 is 16.6 Å². The standard InChI is InChI=1S/C18H14O2/c1-12-6-8-14(9-7-12)18(20)17-15-5-3-2-4-13(15)10-11-16(17)19/h2-11,19H,1H3. The Balaban J connectivity index is 2.21. The number of fused-ring (bicyclic) bond motifs is 1. The average Bonchev–Trinajstić information content (AvgIpc) is 2.47. The maximum atomic E-state index is 12.6. The molecular formula is C18H14O2.